The smallest absolute Gasteiger partial charge is 0.254 e. The van der Waals surface area contributed by atoms with E-state index in [1.54, 1.807) is 12.1 Å². The number of benzene rings is 3. The summed E-state index contributed by atoms with van der Waals surface area (Å²) in [6.07, 6.45) is 1.78. The van der Waals surface area contributed by atoms with Crippen LogP contribution in [0.15, 0.2) is 66.7 Å². The normalized spacial score (nSPS) is 21.9. The largest absolute Gasteiger partial charge is 0.335 e. The topological polar surface area (TPSA) is 90.2 Å². The summed E-state index contributed by atoms with van der Waals surface area (Å²) in [4.78, 5) is 48.6. The van der Waals surface area contributed by atoms with E-state index in [2.05, 4.69) is 11.0 Å². The Morgan fingerprint density at radius 3 is 2.26 bits per heavy atom. The number of hydrogen-bond acceptors (Lipinski definition) is 5. The number of rotatable bonds is 8. The van der Waals surface area contributed by atoms with Crippen LogP contribution in [0, 0.1) is 13.8 Å². The molecule has 3 aromatic rings. The van der Waals surface area contributed by atoms with Crippen molar-refractivity contribution in [1.29, 1.82) is 0 Å². The van der Waals surface area contributed by atoms with Crippen molar-refractivity contribution in [2.75, 3.05) is 39.3 Å². The lowest BCUT2D eigenvalue weighted by atomic mass is 10.00. The molecule has 242 valence electrons. The fourth-order valence-electron chi connectivity index (χ4n) is 7.40. The van der Waals surface area contributed by atoms with E-state index in [1.807, 2.05) is 77.1 Å². The highest BCUT2D eigenvalue weighted by molar-refractivity contribution is 6.42. The molecule has 0 saturated carbocycles. The first-order chi connectivity index (χ1) is 22.1. The van der Waals surface area contributed by atoms with E-state index < -0.39 is 6.04 Å². The summed E-state index contributed by atoms with van der Waals surface area (Å²) in [7, 11) is 0. The molecule has 0 spiro atoms. The molecule has 10 heteroatoms. The van der Waals surface area contributed by atoms with Crippen LogP contribution in [0.25, 0.3) is 0 Å². The third kappa shape index (κ3) is 6.95. The number of piperazine rings is 2. The third-order valence-corrected chi connectivity index (χ3v) is 10.4. The average molecular weight is 663 g/mol. The van der Waals surface area contributed by atoms with Gasteiger partial charge in [0.1, 0.15) is 0 Å². The minimum absolute atomic E-state index is 0.00443. The van der Waals surface area contributed by atoms with Gasteiger partial charge >= 0.3 is 0 Å². The van der Waals surface area contributed by atoms with Gasteiger partial charge in [0, 0.05) is 63.3 Å². The molecule has 3 heterocycles. The second-order valence-electron chi connectivity index (χ2n) is 13.0. The van der Waals surface area contributed by atoms with Crippen molar-refractivity contribution in [3.63, 3.8) is 0 Å². The van der Waals surface area contributed by atoms with Gasteiger partial charge in [0.15, 0.2) is 0 Å². The molecular weight excluding hydrogens is 621 g/mol. The maximum absolute atomic E-state index is 13.8. The second kappa shape index (κ2) is 13.7. The molecule has 2 N–H and O–H groups in total. The van der Waals surface area contributed by atoms with E-state index in [1.165, 1.54) is 0 Å². The Balaban J connectivity index is 1.09. The molecule has 0 aromatic heterocycles. The molecule has 3 aromatic carbocycles. The molecule has 1 unspecified atom stereocenters. The molecule has 6 rings (SSSR count). The quantitative estimate of drug-likeness (QED) is 0.372. The van der Waals surface area contributed by atoms with Gasteiger partial charge in [-0.1, -0.05) is 76.8 Å². The van der Waals surface area contributed by atoms with E-state index in [-0.39, 0.29) is 35.8 Å². The average Bonchev–Trinajstić information content (AvgIpc) is 3.65. The lowest BCUT2D eigenvalue weighted by Gasteiger charge is -2.42. The van der Waals surface area contributed by atoms with Gasteiger partial charge < -0.3 is 20.4 Å². The first kappa shape index (κ1) is 32.5. The SMILES string of the molecule is Cc1cc(C)cc(C(=O)N2CCN(C(=O)CCN3C[C@H]4C[C@H]3CN4C(=O)C(N)Cc3ccccc3)[C@H](c3ccc(Cl)c(Cl)c3)C2)c1. The molecule has 0 aliphatic carbocycles. The van der Waals surface area contributed by atoms with Crippen LogP contribution >= 0.6 is 23.2 Å². The standard InChI is InChI=1S/C36H41Cl2N5O3/c1-23-14-24(2)16-27(15-23)35(45)41-12-13-42(33(22-41)26-8-9-30(37)31(38)18-26)34(44)10-11-40-20-29-19-28(40)21-43(29)36(46)32(39)17-25-6-4-3-5-7-25/h3-9,14-16,18,28-29,32-33H,10-13,17,19-22,39H2,1-2H3/t28-,29+,32?,33-/m0/s1. The monoisotopic (exact) mass is 661 g/mol. The predicted molar refractivity (Wildman–Crippen MR) is 181 cm³/mol. The molecule has 8 nitrogen and oxygen atoms in total. The maximum Gasteiger partial charge on any atom is 0.254 e. The fraction of sp³-hybridized carbons (Fsp3) is 0.417. The number of carbonyl (C=O) groups excluding carboxylic acids is 3. The Kier molecular flexibility index (Phi) is 9.71. The zero-order chi connectivity index (χ0) is 32.5. The van der Waals surface area contributed by atoms with Crippen molar-refractivity contribution in [1.82, 2.24) is 19.6 Å². The number of likely N-dealkylation sites (tertiary alicyclic amines) is 2. The molecule has 3 saturated heterocycles. The Labute approximate surface area is 281 Å². The van der Waals surface area contributed by atoms with Gasteiger partial charge in [0.2, 0.25) is 11.8 Å². The van der Waals surface area contributed by atoms with Crippen molar-refractivity contribution in [3.8, 4) is 0 Å². The number of nitrogens with two attached hydrogens (primary N) is 1. The molecule has 3 amide bonds. The highest BCUT2D eigenvalue weighted by atomic mass is 35.5. The second-order valence-corrected chi connectivity index (χ2v) is 13.8. The van der Waals surface area contributed by atoms with E-state index in [0.717, 1.165) is 35.2 Å². The number of amides is 3. The summed E-state index contributed by atoms with van der Waals surface area (Å²) in [5, 5.41) is 0.861. The van der Waals surface area contributed by atoms with Crippen molar-refractivity contribution >= 4 is 40.9 Å². The molecule has 3 aliphatic heterocycles. The van der Waals surface area contributed by atoms with E-state index in [9.17, 15) is 14.4 Å². The first-order valence-electron chi connectivity index (χ1n) is 16.0. The Morgan fingerprint density at radius 2 is 1.59 bits per heavy atom. The zero-order valence-electron chi connectivity index (χ0n) is 26.4. The Bertz CT molecular complexity index is 1600. The van der Waals surface area contributed by atoms with Crippen LogP contribution in [0.2, 0.25) is 10.0 Å². The van der Waals surface area contributed by atoms with Gasteiger partial charge in [0.05, 0.1) is 22.1 Å². The summed E-state index contributed by atoms with van der Waals surface area (Å²) in [6, 6.07) is 20.6. The lowest BCUT2D eigenvalue weighted by molar-refractivity contribution is -0.138. The van der Waals surface area contributed by atoms with Gasteiger partial charge in [-0.05, 0) is 62.1 Å². The van der Waals surface area contributed by atoms with Crippen LogP contribution in [0.4, 0.5) is 0 Å². The van der Waals surface area contributed by atoms with Crippen molar-refractivity contribution in [2.45, 2.75) is 57.3 Å². The van der Waals surface area contributed by atoms with E-state index in [0.29, 0.717) is 61.2 Å². The van der Waals surface area contributed by atoms with Crippen LogP contribution in [0.5, 0.6) is 0 Å². The van der Waals surface area contributed by atoms with E-state index >= 15 is 0 Å². The number of aryl methyl sites for hydroxylation is 2. The van der Waals surface area contributed by atoms with Crippen LogP contribution < -0.4 is 5.73 Å². The molecule has 2 bridgehead atoms. The molecule has 4 atom stereocenters. The Hall–Kier alpha value is -3.43. The predicted octanol–water partition coefficient (Wildman–Crippen LogP) is 4.88. The molecular formula is C36H41Cl2N5O3. The summed E-state index contributed by atoms with van der Waals surface area (Å²) in [5.74, 6) is -0.000381. The fourth-order valence-corrected chi connectivity index (χ4v) is 7.70. The maximum atomic E-state index is 13.8. The highest BCUT2D eigenvalue weighted by Crippen LogP contribution is 2.34. The summed E-state index contributed by atoms with van der Waals surface area (Å²) >= 11 is 12.6. The Morgan fingerprint density at radius 1 is 0.848 bits per heavy atom. The summed E-state index contributed by atoms with van der Waals surface area (Å²) in [6.45, 7) is 7.22. The van der Waals surface area contributed by atoms with Crippen LogP contribution in [-0.4, -0.2) is 94.7 Å². The lowest BCUT2D eigenvalue weighted by Crippen LogP contribution is -2.54. The number of carbonyl (C=O) groups is 3. The third-order valence-electron chi connectivity index (χ3n) is 9.65. The number of nitrogens with zero attached hydrogens (tertiary/aromatic N) is 4. The van der Waals surface area contributed by atoms with Crippen molar-refractivity contribution in [2.24, 2.45) is 5.73 Å². The van der Waals surface area contributed by atoms with Gasteiger partial charge in [-0.15, -0.1) is 0 Å². The summed E-state index contributed by atoms with van der Waals surface area (Å²) in [5.41, 5.74) is 11.0. The molecule has 3 aliphatic rings. The van der Waals surface area contributed by atoms with Gasteiger partial charge in [-0.25, -0.2) is 0 Å². The minimum atomic E-state index is -0.560. The highest BCUT2D eigenvalue weighted by Gasteiger charge is 2.46. The minimum Gasteiger partial charge on any atom is -0.335 e. The van der Waals surface area contributed by atoms with Crippen LogP contribution in [0.1, 0.15) is 51.5 Å². The van der Waals surface area contributed by atoms with E-state index in [4.69, 9.17) is 28.9 Å². The molecule has 0 radical (unpaired) electrons. The first-order valence-corrected chi connectivity index (χ1v) is 16.8. The number of halogens is 2. The summed E-state index contributed by atoms with van der Waals surface area (Å²) < 4.78 is 0. The molecule has 3 fully saturated rings. The number of fused-ring (bicyclic) bond motifs is 2. The van der Waals surface area contributed by atoms with Crippen LogP contribution in [0.3, 0.4) is 0 Å². The van der Waals surface area contributed by atoms with Gasteiger partial charge in [-0.3, -0.25) is 19.3 Å². The zero-order valence-corrected chi connectivity index (χ0v) is 27.9. The van der Waals surface area contributed by atoms with Crippen molar-refractivity contribution < 1.29 is 14.4 Å². The molecule has 46 heavy (non-hydrogen) atoms. The van der Waals surface area contributed by atoms with Crippen molar-refractivity contribution in [3.05, 3.63) is 105 Å². The number of hydrogen-bond donors (Lipinski definition) is 1. The van der Waals surface area contributed by atoms with Gasteiger partial charge in [-0.2, -0.15) is 0 Å². The van der Waals surface area contributed by atoms with Gasteiger partial charge in [0.25, 0.3) is 5.91 Å². The van der Waals surface area contributed by atoms with Crippen LogP contribution in [-0.2, 0) is 16.0 Å².